The van der Waals surface area contributed by atoms with E-state index in [4.69, 9.17) is 0 Å². The summed E-state index contributed by atoms with van der Waals surface area (Å²) in [4.78, 5) is 4.72. The number of benzene rings is 6. The molecule has 1 aliphatic rings. The van der Waals surface area contributed by atoms with Gasteiger partial charge in [-0.05, 0) is 109 Å². The monoisotopic (exact) mass is 646 g/mol. The quantitative estimate of drug-likeness (QED) is 0.137. The molecule has 0 spiro atoms. The van der Waals surface area contributed by atoms with Crippen LogP contribution < -0.4 is 9.80 Å². The van der Waals surface area contributed by atoms with Crippen molar-refractivity contribution in [2.24, 2.45) is 0 Å². The third-order valence-corrected chi connectivity index (χ3v) is 9.10. The summed E-state index contributed by atoms with van der Waals surface area (Å²) >= 11 is 0. The predicted octanol–water partition coefficient (Wildman–Crippen LogP) is 13.2. The molecule has 0 bridgehead atoms. The average Bonchev–Trinajstić information content (AvgIpc) is 3.17. The molecule has 1 unspecified atom stereocenters. The normalized spacial score (nSPS) is 14.2. The number of allylic oxidation sites excluding steroid dienone is 2. The Kier molecular flexibility index (Phi) is 9.99. The molecule has 1 aliphatic carbocycles. The molecular formula is C48H42N2. The largest absolute Gasteiger partial charge is 0.334 e. The second-order valence-electron chi connectivity index (χ2n) is 12.8. The van der Waals surface area contributed by atoms with E-state index in [1.807, 2.05) is 0 Å². The van der Waals surface area contributed by atoms with E-state index in [9.17, 15) is 0 Å². The lowest BCUT2D eigenvalue weighted by molar-refractivity contribution is 0.779. The molecule has 0 fully saturated rings. The van der Waals surface area contributed by atoms with E-state index >= 15 is 0 Å². The predicted molar refractivity (Wildman–Crippen MR) is 216 cm³/mol. The molecular weight excluding hydrogens is 605 g/mol. The van der Waals surface area contributed by atoms with Gasteiger partial charge in [-0.25, -0.2) is 0 Å². The van der Waals surface area contributed by atoms with Gasteiger partial charge in [0.1, 0.15) is 0 Å². The first-order chi connectivity index (χ1) is 24.6. The number of aryl methyl sites for hydroxylation is 1. The fourth-order valence-electron chi connectivity index (χ4n) is 6.38. The van der Waals surface area contributed by atoms with E-state index < -0.39 is 0 Å². The van der Waals surface area contributed by atoms with Crippen LogP contribution in [0.5, 0.6) is 0 Å². The standard InChI is InChI=1S/C48H42N2/c1-37-16-28-45(29-17-37)49(43-12-5-3-6-13-43)47-32-24-39(25-33-47)20-22-41-10-9-11-42(36-41)23-21-40-26-34-48(35-27-40)50(44-14-7-4-8-15-44)46-30-18-38(2)19-31-46/h3-30,32-36,46H,31H2,1-2H3. The lowest BCUT2D eigenvalue weighted by atomic mass is 10.0. The Morgan fingerprint density at radius 1 is 0.460 bits per heavy atom. The van der Waals surface area contributed by atoms with Crippen LogP contribution in [0.25, 0.3) is 24.3 Å². The summed E-state index contributed by atoms with van der Waals surface area (Å²) in [6.07, 6.45) is 16.6. The fraction of sp³-hybridized carbons (Fsp3) is 0.0833. The molecule has 0 amide bonds. The maximum atomic E-state index is 2.43. The smallest absolute Gasteiger partial charge is 0.0560 e. The molecule has 6 aromatic carbocycles. The molecule has 50 heavy (non-hydrogen) atoms. The second-order valence-corrected chi connectivity index (χ2v) is 12.8. The van der Waals surface area contributed by atoms with Gasteiger partial charge in [-0.15, -0.1) is 0 Å². The second kappa shape index (κ2) is 15.4. The average molecular weight is 647 g/mol. The van der Waals surface area contributed by atoms with Gasteiger partial charge in [0.15, 0.2) is 0 Å². The van der Waals surface area contributed by atoms with Crippen LogP contribution in [0.4, 0.5) is 28.4 Å². The van der Waals surface area contributed by atoms with Gasteiger partial charge in [-0.3, -0.25) is 0 Å². The van der Waals surface area contributed by atoms with E-state index in [1.165, 1.54) is 39.2 Å². The number of hydrogen-bond donors (Lipinski definition) is 0. The Bertz CT molecular complexity index is 2120. The van der Waals surface area contributed by atoms with Crippen LogP contribution in [0.2, 0.25) is 0 Å². The lowest BCUT2D eigenvalue weighted by Gasteiger charge is -2.33. The zero-order valence-electron chi connectivity index (χ0n) is 28.7. The Hall–Kier alpha value is -6.12. The van der Waals surface area contributed by atoms with Crippen molar-refractivity contribution in [2.75, 3.05) is 9.80 Å². The Morgan fingerprint density at radius 3 is 1.46 bits per heavy atom. The maximum absolute atomic E-state index is 2.43. The van der Waals surface area contributed by atoms with Gasteiger partial charge < -0.3 is 9.80 Å². The number of anilines is 5. The van der Waals surface area contributed by atoms with Crippen LogP contribution in [0.15, 0.2) is 182 Å². The van der Waals surface area contributed by atoms with Gasteiger partial charge in [0.25, 0.3) is 0 Å². The molecule has 0 aromatic heterocycles. The van der Waals surface area contributed by atoms with Crippen LogP contribution in [-0.4, -0.2) is 6.04 Å². The minimum absolute atomic E-state index is 0.291. The number of nitrogens with zero attached hydrogens (tertiary/aromatic N) is 2. The van der Waals surface area contributed by atoms with Crippen molar-refractivity contribution in [1.82, 2.24) is 0 Å². The highest BCUT2D eigenvalue weighted by molar-refractivity contribution is 5.79. The molecule has 0 saturated carbocycles. The van der Waals surface area contributed by atoms with E-state index in [-0.39, 0.29) is 0 Å². The van der Waals surface area contributed by atoms with Crippen LogP contribution in [0, 0.1) is 6.92 Å². The molecule has 6 aromatic rings. The number of hydrogen-bond acceptors (Lipinski definition) is 2. The summed E-state index contributed by atoms with van der Waals surface area (Å²) in [6.45, 7) is 4.29. The molecule has 2 nitrogen and oxygen atoms in total. The Morgan fingerprint density at radius 2 is 0.920 bits per heavy atom. The fourth-order valence-corrected chi connectivity index (χ4v) is 6.38. The van der Waals surface area contributed by atoms with E-state index in [1.54, 1.807) is 0 Å². The number of para-hydroxylation sites is 2. The first kappa shape index (κ1) is 32.4. The molecule has 0 N–H and O–H groups in total. The highest BCUT2D eigenvalue weighted by Gasteiger charge is 2.19. The highest BCUT2D eigenvalue weighted by Crippen LogP contribution is 2.35. The lowest BCUT2D eigenvalue weighted by Crippen LogP contribution is -2.30. The van der Waals surface area contributed by atoms with Crippen molar-refractivity contribution in [3.63, 3.8) is 0 Å². The molecule has 0 radical (unpaired) electrons. The maximum Gasteiger partial charge on any atom is 0.0560 e. The first-order valence-corrected chi connectivity index (χ1v) is 17.4. The van der Waals surface area contributed by atoms with Crippen molar-refractivity contribution in [3.05, 3.63) is 209 Å². The third-order valence-electron chi connectivity index (χ3n) is 9.10. The van der Waals surface area contributed by atoms with Crippen molar-refractivity contribution < 1.29 is 0 Å². The van der Waals surface area contributed by atoms with Gasteiger partial charge in [-0.2, -0.15) is 0 Å². The summed E-state index contributed by atoms with van der Waals surface area (Å²) in [5.74, 6) is 0. The summed E-state index contributed by atoms with van der Waals surface area (Å²) < 4.78 is 0. The van der Waals surface area contributed by atoms with Crippen molar-refractivity contribution >= 4 is 52.7 Å². The molecule has 7 rings (SSSR count). The van der Waals surface area contributed by atoms with Crippen molar-refractivity contribution in [3.8, 4) is 0 Å². The Labute approximate surface area is 297 Å². The Balaban J connectivity index is 1.04. The van der Waals surface area contributed by atoms with Crippen LogP contribution >= 0.6 is 0 Å². The van der Waals surface area contributed by atoms with Gasteiger partial charge in [0.05, 0.1) is 6.04 Å². The molecule has 2 heteroatoms. The number of rotatable bonds is 10. The van der Waals surface area contributed by atoms with Gasteiger partial charge >= 0.3 is 0 Å². The molecule has 0 aliphatic heterocycles. The summed E-state index contributed by atoms with van der Waals surface area (Å²) in [6, 6.07) is 56.5. The molecule has 0 saturated heterocycles. The van der Waals surface area contributed by atoms with Crippen LogP contribution in [0.1, 0.15) is 41.2 Å². The van der Waals surface area contributed by atoms with Gasteiger partial charge in [-0.1, -0.05) is 145 Å². The van der Waals surface area contributed by atoms with Crippen LogP contribution in [-0.2, 0) is 0 Å². The minimum atomic E-state index is 0.291. The van der Waals surface area contributed by atoms with Crippen LogP contribution in [0.3, 0.4) is 0 Å². The SMILES string of the molecule is CC1=CCC(N(c2ccccc2)c2ccc(C=Cc3cccc(C=Cc4ccc(N(c5ccccc5)c5ccc(C)cc5)cc4)c3)cc2)C=C1. The minimum Gasteiger partial charge on any atom is -0.334 e. The molecule has 0 heterocycles. The molecule has 244 valence electrons. The summed E-state index contributed by atoms with van der Waals surface area (Å²) in [5.41, 5.74) is 13.1. The first-order valence-electron chi connectivity index (χ1n) is 17.4. The van der Waals surface area contributed by atoms with E-state index in [0.717, 1.165) is 29.0 Å². The van der Waals surface area contributed by atoms with Gasteiger partial charge in [0, 0.05) is 28.4 Å². The topological polar surface area (TPSA) is 6.48 Å². The summed E-state index contributed by atoms with van der Waals surface area (Å²) in [5, 5.41) is 0. The third kappa shape index (κ3) is 7.94. The van der Waals surface area contributed by atoms with Crippen molar-refractivity contribution in [1.29, 1.82) is 0 Å². The van der Waals surface area contributed by atoms with E-state index in [0.29, 0.717) is 6.04 Å². The highest BCUT2D eigenvalue weighted by atomic mass is 15.2. The zero-order valence-corrected chi connectivity index (χ0v) is 28.7. The summed E-state index contributed by atoms with van der Waals surface area (Å²) in [7, 11) is 0. The van der Waals surface area contributed by atoms with Gasteiger partial charge in [0.2, 0.25) is 0 Å². The zero-order chi connectivity index (χ0) is 34.1. The molecule has 1 atom stereocenters. The van der Waals surface area contributed by atoms with E-state index in [2.05, 4.69) is 224 Å². The van der Waals surface area contributed by atoms with Crippen molar-refractivity contribution in [2.45, 2.75) is 26.3 Å².